The van der Waals surface area contributed by atoms with Gasteiger partial charge in [-0.1, -0.05) is 50.2 Å². The first-order chi connectivity index (χ1) is 16.4. The van der Waals surface area contributed by atoms with Crippen molar-refractivity contribution in [3.63, 3.8) is 0 Å². The Morgan fingerprint density at radius 2 is 1.91 bits per heavy atom. The average Bonchev–Trinajstić information content (AvgIpc) is 2.82. The smallest absolute Gasteiger partial charge is 0.243 e. The molecule has 1 atom stereocenters. The molecule has 0 bridgehead atoms. The normalized spacial score (nSPS) is 15.1. The van der Waals surface area contributed by atoms with Crippen molar-refractivity contribution in [2.45, 2.75) is 45.8 Å². The van der Waals surface area contributed by atoms with E-state index in [9.17, 15) is 14.0 Å². The van der Waals surface area contributed by atoms with Gasteiger partial charge in [-0.3, -0.25) is 9.59 Å². The number of fused-ring (bicyclic) bond motifs is 1. The molecule has 2 amide bonds. The summed E-state index contributed by atoms with van der Waals surface area (Å²) in [4.78, 5) is 32.2. The van der Waals surface area contributed by atoms with E-state index in [1.54, 1.807) is 35.4 Å². The van der Waals surface area contributed by atoms with Crippen LogP contribution in [0.5, 0.6) is 11.6 Å². The lowest BCUT2D eigenvalue weighted by molar-refractivity contribution is -0.142. The van der Waals surface area contributed by atoms with Gasteiger partial charge in [0.15, 0.2) is 0 Å². The number of nitrogens with zero attached hydrogens (tertiary/aromatic N) is 2. The van der Waals surface area contributed by atoms with Crippen molar-refractivity contribution in [3.05, 3.63) is 89.4 Å². The molecular formula is C27H28FN3O3. The number of carbonyl (C=O) groups excluding carboxylic acids is 2. The molecular weight excluding hydrogens is 433 g/mol. The van der Waals surface area contributed by atoms with Crippen LogP contribution >= 0.6 is 0 Å². The second-order valence-corrected chi connectivity index (χ2v) is 8.85. The zero-order valence-corrected chi connectivity index (χ0v) is 19.3. The molecule has 1 N–H and O–H groups in total. The second-order valence-electron chi connectivity index (χ2n) is 8.85. The minimum atomic E-state index is -0.592. The fourth-order valence-electron chi connectivity index (χ4n) is 4.08. The molecule has 1 unspecified atom stereocenters. The molecule has 0 aliphatic carbocycles. The number of aromatic nitrogens is 1. The summed E-state index contributed by atoms with van der Waals surface area (Å²) in [6.07, 6.45) is 2.43. The maximum Gasteiger partial charge on any atom is 0.243 e. The predicted octanol–water partition coefficient (Wildman–Crippen LogP) is 4.63. The SMILES string of the molecule is CC(C)CC(=O)N1Cc2ccccc2CC1C(=O)NCc1cccnc1Oc1cccc(F)c1. The summed E-state index contributed by atoms with van der Waals surface area (Å²) in [5.41, 5.74) is 2.80. The number of pyridine rings is 1. The number of amides is 2. The number of halogens is 1. The monoisotopic (exact) mass is 461 g/mol. The molecule has 0 spiro atoms. The van der Waals surface area contributed by atoms with Gasteiger partial charge in [-0.2, -0.15) is 0 Å². The van der Waals surface area contributed by atoms with Gasteiger partial charge in [0.2, 0.25) is 17.7 Å². The van der Waals surface area contributed by atoms with Gasteiger partial charge < -0.3 is 15.0 Å². The van der Waals surface area contributed by atoms with Crippen molar-refractivity contribution in [2.24, 2.45) is 5.92 Å². The van der Waals surface area contributed by atoms with E-state index < -0.39 is 11.9 Å². The first-order valence-electron chi connectivity index (χ1n) is 11.4. The van der Waals surface area contributed by atoms with Crippen LogP contribution in [0.3, 0.4) is 0 Å². The number of benzene rings is 2. The predicted molar refractivity (Wildman–Crippen MR) is 126 cm³/mol. The molecule has 2 aromatic carbocycles. The van der Waals surface area contributed by atoms with Gasteiger partial charge in [0.05, 0.1) is 0 Å². The summed E-state index contributed by atoms with van der Waals surface area (Å²) in [6.45, 7) is 4.57. The Bertz CT molecular complexity index is 1180. The molecule has 0 saturated heterocycles. The van der Waals surface area contributed by atoms with E-state index in [1.807, 2.05) is 38.1 Å². The van der Waals surface area contributed by atoms with Gasteiger partial charge in [0.25, 0.3) is 0 Å². The number of nitrogens with one attached hydrogen (secondary N) is 1. The first kappa shape index (κ1) is 23.4. The van der Waals surface area contributed by atoms with Crippen molar-refractivity contribution < 1.29 is 18.7 Å². The van der Waals surface area contributed by atoms with Crippen molar-refractivity contribution in [1.82, 2.24) is 15.2 Å². The van der Waals surface area contributed by atoms with Gasteiger partial charge >= 0.3 is 0 Å². The lowest BCUT2D eigenvalue weighted by Crippen LogP contribution is -2.52. The molecule has 4 rings (SSSR count). The summed E-state index contributed by atoms with van der Waals surface area (Å²) in [5, 5.41) is 2.95. The van der Waals surface area contributed by atoms with E-state index in [0.29, 0.717) is 30.7 Å². The van der Waals surface area contributed by atoms with E-state index in [4.69, 9.17) is 4.74 Å². The minimum absolute atomic E-state index is 0.0267. The molecule has 176 valence electrons. The Hall–Kier alpha value is -3.74. The van der Waals surface area contributed by atoms with Crippen molar-refractivity contribution in [1.29, 1.82) is 0 Å². The van der Waals surface area contributed by atoms with Crippen LogP contribution in [0.15, 0.2) is 66.9 Å². The highest BCUT2D eigenvalue weighted by atomic mass is 19.1. The van der Waals surface area contributed by atoms with E-state index in [0.717, 1.165) is 11.1 Å². The molecule has 1 aliphatic rings. The third-order valence-corrected chi connectivity index (χ3v) is 5.77. The molecule has 0 saturated carbocycles. The number of hydrogen-bond donors (Lipinski definition) is 1. The Morgan fingerprint density at radius 3 is 2.68 bits per heavy atom. The van der Waals surface area contributed by atoms with E-state index in [2.05, 4.69) is 10.3 Å². The molecule has 1 aliphatic heterocycles. The maximum absolute atomic E-state index is 13.5. The summed E-state index contributed by atoms with van der Waals surface area (Å²) >= 11 is 0. The molecule has 6 nitrogen and oxygen atoms in total. The lowest BCUT2D eigenvalue weighted by atomic mass is 9.92. The zero-order valence-electron chi connectivity index (χ0n) is 19.3. The molecule has 7 heteroatoms. The van der Waals surface area contributed by atoms with E-state index in [1.165, 1.54) is 12.1 Å². The molecule has 0 fully saturated rings. The van der Waals surface area contributed by atoms with E-state index in [-0.39, 0.29) is 30.2 Å². The molecule has 0 radical (unpaired) electrons. The van der Waals surface area contributed by atoms with Crippen LogP contribution in [0.4, 0.5) is 4.39 Å². The van der Waals surface area contributed by atoms with Gasteiger partial charge in [0.1, 0.15) is 17.6 Å². The number of ether oxygens (including phenoxy) is 1. The molecule has 3 aromatic rings. The van der Waals surface area contributed by atoms with Crippen LogP contribution in [0, 0.1) is 11.7 Å². The standard InChI is InChI=1S/C27H28FN3O3/c1-18(2)13-25(32)31-17-21-8-4-3-7-19(21)14-24(31)26(33)30-16-20-9-6-12-29-27(20)34-23-11-5-10-22(28)15-23/h3-12,15,18,24H,13-14,16-17H2,1-2H3,(H,30,33). The van der Waals surface area contributed by atoms with Crippen molar-refractivity contribution in [2.75, 3.05) is 0 Å². The van der Waals surface area contributed by atoms with Crippen LogP contribution in [0.25, 0.3) is 0 Å². The van der Waals surface area contributed by atoms with Crippen LogP contribution in [-0.2, 0) is 29.1 Å². The minimum Gasteiger partial charge on any atom is -0.439 e. The lowest BCUT2D eigenvalue weighted by Gasteiger charge is -2.36. The third-order valence-electron chi connectivity index (χ3n) is 5.77. The van der Waals surface area contributed by atoms with Crippen molar-refractivity contribution in [3.8, 4) is 11.6 Å². The van der Waals surface area contributed by atoms with Gasteiger partial charge in [-0.25, -0.2) is 9.37 Å². The topological polar surface area (TPSA) is 71.5 Å². The Kier molecular flexibility index (Phi) is 7.21. The fourth-order valence-corrected chi connectivity index (χ4v) is 4.08. The average molecular weight is 462 g/mol. The van der Waals surface area contributed by atoms with Gasteiger partial charge in [0, 0.05) is 43.8 Å². The fraction of sp³-hybridized carbons (Fsp3) is 0.296. The maximum atomic E-state index is 13.5. The Balaban J connectivity index is 1.50. The van der Waals surface area contributed by atoms with Crippen LogP contribution < -0.4 is 10.1 Å². The highest BCUT2D eigenvalue weighted by Crippen LogP contribution is 2.26. The first-order valence-corrected chi connectivity index (χ1v) is 11.4. The summed E-state index contributed by atoms with van der Waals surface area (Å²) < 4.78 is 19.3. The Morgan fingerprint density at radius 1 is 1.12 bits per heavy atom. The van der Waals surface area contributed by atoms with E-state index >= 15 is 0 Å². The molecule has 1 aromatic heterocycles. The number of carbonyl (C=O) groups is 2. The van der Waals surface area contributed by atoms with Crippen LogP contribution in [-0.4, -0.2) is 27.7 Å². The molecule has 2 heterocycles. The summed E-state index contributed by atoms with van der Waals surface area (Å²) in [6, 6.07) is 16.7. The zero-order chi connectivity index (χ0) is 24.1. The highest BCUT2D eigenvalue weighted by molar-refractivity contribution is 5.88. The van der Waals surface area contributed by atoms with Gasteiger partial charge in [-0.15, -0.1) is 0 Å². The van der Waals surface area contributed by atoms with Crippen LogP contribution in [0.1, 0.15) is 37.0 Å². The summed E-state index contributed by atoms with van der Waals surface area (Å²) in [7, 11) is 0. The number of rotatable bonds is 7. The summed E-state index contributed by atoms with van der Waals surface area (Å²) in [5.74, 6) is 0.141. The van der Waals surface area contributed by atoms with Crippen molar-refractivity contribution >= 4 is 11.8 Å². The second kappa shape index (κ2) is 10.5. The van der Waals surface area contributed by atoms with Gasteiger partial charge in [-0.05, 0) is 35.2 Å². The Labute approximate surface area is 198 Å². The highest BCUT2D eigenvalue weighted by Gasteiger charge is 2.34. The quantitative estimate of drug-likeness (QED) is 0.557. The molecule has 34 heavy (non-hydrogen) atoms. The van der Waals surface area contributed by atoms with Crippen LogP contribution in [0.2, 0.25) is 0 Å². The largest absolute Gasteiger partial charge is 0.439 e. The number of hydrogen-bond acceptors (Lipinski definition) is 4. The third kappa shape index (κ3) is 5.60.